The van der Waals surface area contributed by atoms with Gasteiger partial charge in [-0.25, -0.2) is 9.18 Å². The first-order valence-corrected chi connectivity index (χ1v) is 7.73. The SMILES string of the molecule is Cc1cc(C)c(F)c(-c2nc(-c3cc(C(=O)O)c(C)cc3C)no2)c1. The molecule has 0 saturated heterocycles. The number of carbonyl (C=O) groups is 1. The van der Waals surface area contributed by atoms with Crippen LogP contribution >= 0.6 is 0 Å². The Bertz CT molecular complexity index is 993. The number of aromatic carboxylic acids is 1. The van der Waals surface area contributed by atoms with Crippen molar-refractivity contribution in [3.8, 4) is 22.8 Å². The number of benzene rings is 2. The van der Waals surface area contributed by atoms with Crippen molar-refractivity contribution in [2.75, 3.05) is 0 Å². The molecule has 0 saturated carbocycles. The summed E-state index contributed by atoms with van der Waals surface area (Å²) >= 11 is 0. The topological polar surface area (TPSA) is 76.2 Å². The molecule has 0 bridgehead atoms. The van der Waals surface area contributed by atoms with Gasteiger partial charge in [0.1, 0.15) is 5.82 Å². The summed E-state index contributed by atoms with van der Waals surface area (Å²) in [6.07, 6.45) is 0. The Kier molecular flexibility index (Phi) is 4.12. The second-order valence-electron chi connectivity index (χ2n) is 6.15. The van der Waals surface area contributed by atoms with Crippen LogP contribution in [0.3, 0.4) is 0 Å². The Labute approximate surface area is 144 Å². The third-order valence-electron chi connectivity index (χ3n) is 4.10. The molecule has 0 radical (unpaired) electrons. The molecule has 2 aromatic carbocycles. The van der Waals surface area contributed by atoms with Gasteiger partial charge in [0.15, 0.2) is 0 Å². The predicted octanol–water partition coefficient (Wildman–Crippen LogP) is 4.47. The fourth-order valence-electron chi connectivity index (χ4n) is 2.87. The van der Waals surface area contributed by atoms with Crippen molar-refractivity contribution < 1.29 is 18.8 Å². The Hall–Kier alpha value is -3.02. The summed E-state index contributed by atoms with van der Waals surface area (Å²) in [5.74, 6) is -1.14. The van der Waals surface area contributed by atoms with Crippen LogP contribution in [-0.2, 0) is 0 Å². The molecule has 3 rings (SSSR count). The van der Waals surface area contributed by atoms with E-state index in [2.05, 4.69) is 10.1 Å². The van der Waals surface area contributed by atoms with Gasteiger partial charge in [-0.3, -0.25) is 0 Å². The van der Waals surface area contributed by atoms with Crippen molar-refractivity contribution in [3.05, 3.63) is 57.9 Å². The highest BCUT2D eigenvalue weighted by molar-refractivity contribution is 5.91. The Morgan fingerprint density at radius 3 is 2.40 bits per heavy atom. The first kappa shape index (κ1) is 16.8. The molecule has 0 aliphatic rings. The van der Waals surface area contributed by atoms with Gasteiger partial charge in [0.2, 0.25) is 5.82 Å². The van der Waals surface area contributed by atoms with Gasteiger partial charge < -0.3 is 9.63 Å². The zero-order chi connectivity index (χ0) is 18.3. The van der Waals surface area contributed by atoms with E-state index in [1.165, 1.54) is 6.07 Å². The summed E-state index contributed by atoms with van der Waals surface area (Å²) < 4.78 is 19.6. The monoisotopic (exact) mass is 340 g/mol. The smallest absolute Gasteiger partial charge is 0.335 e. The van der Waals surface area contributed by atoms with Crippen molar-refractivity contribution >= 4 is 5.97 Å². The van der Waals surface area contributed by atoms with Gasteiger partial charge in [0.05, 0.1) is 11.1 Å². The van der Waals surface area contributed by atoms with E-state index in [4.69, 9.17) is 4.52 Å². The summed E-state index contributed by atoms with van der Waals surface area (Å²) in [7, 11) is 0. The fraction of sp³-hybridized carbons (Fsp3) is 0.211. The number of aromatic nitrogens is 2. The van der Waals surface area contributed by atoms with Gasteiger partial charge in [-0.2, -0.15) is 4.98 Å². The molecule has 0 fully saturated rings. The summed E-state index contributed by atoms with van der Waals surface area (Å²) in [5, 5.41) is 13.2. The lowest BCUT2D eigenvalue weighted by molar-refractivity contribution is 0.0696. The molecule has 0 aliphatic carbocycles. The minimum absolute atomic E-state index is 0.0659. The molecule has 1 N–H and O–H groups in total. The maximum absolute atomic E-state index is 14.4. The van der Waals surface area contributed by atoms with E-state index in [-0.39, 0.29) is 22.8 Å². The zero-order valence-corrected chi connectivity index (χ0v) is 14.3. The van der Waals surface area contributed by atoms with E-state index in [9.17, 15) is 14.3 Å². The molecule has 5 nitrogen and oxygen atoms in total. The number of carboxylic acid groups (broad SMARTS) is 1. The molecule has 0 aliphatic heterocycles. The summed E-state index contributed by atoms with van der Waals surface area (Å²) in [6.45, 7) is 7.09. The van der Waals surface area contributed by atoms with Gasteiger partial charge in [-0.15, -0.1) is 0 Å². The number of hydrogen-bond donors (Lipinski definition) is 1. The van der Waals surface area contributed by atoms with Crippen LogP contribution in [0.2, 0.25) is 0 Å². The van der Waals surface area contributed by atoms with Gasteiger partial charge in [0, 0.05) is 5.56 Å². The number of halogens is 1. The second-order valence-corrected chi connectivity index (χ2v) is 6.15. The average Bonchev–Trinajstić information content (AvgIpc) is 3.00. The lowest BCUT2D eigenvalue weighted by atomic mass is 9.99. The lowest BCUT2D eigenvalue weighted by Gasteiger charge is -2.06. The van der Waals surface area contributed by atoms with Crippen molar-refractivity contribution in [1.82, 2.24) is 10.1 Å². The van der Waals surface area contributed by atoms with E-state index in [0.29, 0.717) is 16.7 Å². The van der Waals surface area contributed by atoms with E-state index in [1.54, 1.807) is 32.0 Å². The molecule has 6 heteroatoms. The van der Waals surface area contributed by atoms with Crippen LogP contribution in [0, 0.1) is 33.5 Å². The van der Waals surface area contributed by atoms with Gasteiger partial charge >= 0.3 is 5.97 Å². The quantitative estimate of drug-likeness (QED) is 0.761. The van der Waals surface area contributed by atoms with Crippen LogP contribution in [0.25, 0.3) is 22.8 Å². The molecule has 0 spiro atoms. The largest absolute Gasteiger partial charge is 0.478 e. The van der Waals surface area contributed by atoms with Crippen molar-refractivity contribution in [2.24, 2.45) is 0 Å². The van der Waals surface area contributed by atoms with Crippen LogP contribution < -0.4 is 0 Å². The van der Waals surface area contributed by atoms with Gasteiger partial charge in [-0.1, -0.05) is 17.3 Å². The van der Waals surface area contributed by atoms with Crippen LogP contribution in [-0.4, -0.2) is 21.2 Å². The number of aryl methyl sites for hydroxylation is 4. The maximum atomic E-state index is 14.4. The molecule has 0 atom stereocenters. The van der Waals surface area contributed by atoms with Crippen LogP contribution in [0.15, 0.2) is 28.8 Å². The summed E-state index contributed by atoms with van der Waals surface area (Å²) in [5.41, 5.74) is 3.79. The molecule has 1 heterocycles. The third kappa shape index (κ3) is 3.03. The Balaban J connectivity index is 2.12. The first-order chi connectivity index (χ1) is 11.8. The number of nitrogens with zero attached hydrogens (tertiary/aromatic N) is 2. The van der Waals surface area contributed by atoms with Crippen LogP contribution in [0.5, 0.6) is 0 Å². The zero-order valence-electron chi connectivity index (χ0n) is 14.3. The van der Waals surface area contributed by atoms with Crippen LogP contribution in [0.1, 0.15) is 32.6 Å². The van der Waals surface area contributed by atoms with E-state index in [0.717, 1.165) is 11.1 Å². The number of rotatable bonds is 3. The molecular formula is C19H17FN2O3. The van der Waals surface area contributed by atoms with E-state index in [1.807, 2.05) is 13.8 Å². The average molecular weight is 340 g/mol. The predicted molar refractivity (Wildman–Crippen MR) is 91.0 cm³/mol. The molecule has 3 aromatic rings. The molecule has 1 aromatic heterocycles. The highest BCUT2D eigenvalue weighted by atomic mass is 19.1. The normalized spacial score (nSPS) is 10.9. The van der Waals surface area contributed by atoms with Crippen LogP contribution in [0.4, 0.5) is 4.39 Å². The van der Waals surface area contributed by atoms with Crippen molar-refractivity contribution in [3.63, 3.8) is 0 Å². The Morgan fingerprint density at radius 2 is 1.72 bits per heavy atom. The summed E-state index contributed by atoms with van der Waals surface area (Å²) in [6, 6.07) is 6.65. The highest BCUT2D eigenvalue weighted by Crippen LogP contribution is 2.29. The molecule has 25 heavy (non-hydrogen) atoms. The van der Waals surface area contributed by atoms with Gasteiger partial charge in [-0.05, 0) is 62.1 Å². The number of hydrogen-bond acceptors (Lipinski definition) is 4. The summed E-state index contributed by atoms with van der Waals surface area (Å²) in [4.78, 5) is 15.6. The van der Waals surface area contributed by atoms with E-state index < -0.39 is 11.8 Å². The van der Waals surface area contributed by atoms with Crippen molar-refractivity contribution in [1.29, 1.82) is 0 Å². The minimum Gasteiger partial charge on any atom is -0.478 e. The molecule has 128 valence electrons. The molecule has 0 unspecified atom stereocenters. The van der Waals surface area contributed by atoms with Gasteiger partial charge in [0.25, 0.3) is 5.89 Å². The lowest BCUT2D eigenvalue weighted by Crippen LogP contribution is -2.01. The maximum Gasteiger partial charge on any atom is 0.335 e. The third-order valence-corrected chi connectivity index (χ3v) is 4.10. The standard InChI is InChI=1S/C19H17FN2O3/c1-9-5-12(4)16(20)15(6-9)18-21-17(22-25-18)13-8-14(19(23)24)11(3)7-10(13)2/h5-8H,1-4H3,(H,23,24). The molecule has 0 amide bonds. The van der Waals surface area contributed by atoms with Crippen molar-refractivity contribution in [2.45, 2.75) is 27.7 Å². The first-order valence-electron chi connectivity index (χ1n) is 7.73. The highest BCUT2D eigenvalue weighted by Gasteiger charge is 2.19. The Morgan fingerprint density at radius 1 is 1.00 bits per heavy atom. The van der Waals surface area contributed by atoms with E-state index >= 15 is 0 Å². The number of carboxylic acids is 1. The second kappa shape index (κ2) is 6.12. The minimum atomic E-state index is -1.03. The fourth-order valence-corrected chi connectivity index (χ4v) is 2.87. The molecular weight excluding hydrogens is 323 g/mol.